The fourth-order valence-corrected chi connectivity index (χ4v) is 6.83. The first-order chi connectivity index (χ1) is 24.8. The van der Waals surface area contributed by atoms with E-state index in [2.05, 4.69) is 48.5 Å². The fourth-order valence-electron chi connectivity index (χ4n) is 6.83. The van der Waals surface area contributed by atoms with Crippen LogP contribution in [0.5, 0.6) is 0 Å². The summed E-state index contributed by atoms with van der Waals surface area (Å²) < 4.78 is 12.8. The van der Waals surface area contributed by atoms with Gasteiger partial charge in [-0.3, -0.25) is 0 Å². The highest BCUT2D eigenvalue weighted by atomic mass is 16.3. The van der Waals surface area contributed by atoms with Gasteiger partial charge in [-0.1, -0.05) is 133 Å². The van der Waals surface area contributed by atoms with Gasteiger partial charge >= 0.3 is 0 Å². The zero-order chi connectivity index (χ0) is 33.0. The molecule has 0 amide bonds. The van der Waals surface area contributed by atoms with E-state index < -0.39 is 0 Å². The molecule has 6 aromatic carbocycles. The largest absolute Gasteiger partial charge is 0.452 e. The maximum Gasteiger partial charge on any atom is 0.180 e. The summed E-state index contributed by atoms with van der Waals surface area (Å²) in [5, 5.41) is 1.90. The van der Waals surface area contributed by atoms with Gasteiger partial charge in [-0.15, -0.1) is 0 Å². The average Bonchev–Trinajstić information content (AvgIpc) is 3.76. The maximum absolute atomic E-state index is 6.38. The fraction of sp³-hybridized carbons (Fsp3) is 0. The van der Waals surface area contributed by atoms with Crippen molar-refractivity contribution in [2.45, 2.75) is 0 Å². The van der Waals surface area contributed by atoms with Crippen molar-refractivity contribution in [1.82, 2.24) is 19.9 Å². The van der Waals surface area contributed by atoms with E-state index in [9.17, 15) is 0 Å². The summed E-state index contributed by atoms with van der Waals surface area (Å²) in [5.41, 5.74) is 11.6. The van der Waals surface area contributed by atoms with Crippen LogP contribution in [-0.2, 0) is 0 Å². The minimum atomic E-state index is 0.607. The molecular formula is C44H26N4O2. The molecule has 0 aliphatic carbocycles. The molecule has 0 saturated carbocycles. The van der Waals surface area contributed by atoms with E-state index in [4.69, 9.17) is 28.8 Å². The van der Waals surface area contributed by atoms with E-state index >= 15 is 0 Å². The molecule has 6 nitrogen and oxygen atoms in total. The smallest absolute Gasteiger partial charge is 0.180 e. The predicted octanol–water partition coefficient (Wildman–Crippen LogP) is 11.4. The number of rotatable bonds is 5. The van der Waals surface area contributed by atoms with Gasteiger partial charge in [0, 0.05) is 33.0 Å². The normalized spacial score (nSPS) is 11.6. The zero-order valence-corrected chi connectivity index (χ0v) is 26.6. The van der Waals surface area contributed by atoms with Crippen molar-refractivity contribution in [2.24, 2.45) is 0 Å². The van der Waals surface area contributed by atoms with E-state index in [0.29, 0.717) is 22.8 Å². The highest BCUT2D eigenvalue weighted by molar-refractivity contribution is 6.08. The standard InChI is InChI=1S/C44H26N4O2/c1-3-15-27(16-4-1)37-41-39(33-23-11-13-25-35(33)49-41)47-43(45-37)31-21-9-7-19-29(31)30-20-8-10-22-32(30)44-46-38(28-17-5-2-6-18-28)42-40(48-44)34-24-12-14-26-36(34)50-42/h1-26H. The number of aromatic nitrogens is 4. The van der Waals surface area contributed by atoms with Crippen molar-refractivity contribution in [3.63, 3.8) is 0 Å². The van der Waals surface area contributed by atoms with Crippen molar-refractivity contribution in [3.8, 4) is 56.4 Å². The third-order valence-corrected chi connectivity index (χ3v) is 9.16. The van der Waals surface area contributed by atoms with Crippen LogP contribution in [0.25, 0.3) is 101 Å². The SMILES string of the molecule is c1ccc(-c2nc(-c3ccccc3-c3ccccc3-c3nc(-c4ccccc4)c4oc5ccccc5c4n3)nc3c2oc2ccccc23)cc1. The van der Waals surface area contributed by atoms with E-state index in [0.717, 1.165) is 77.7 Å². The first-order valence-corrected chi connectivity index (χ1v) is 16.5. The van der Waals surface area contributed by atoms with Crippen molar-refractivity contribution in [2.75, 3.05) is 0 Å². The molecule has 0 fully saturated rings. The Balaban J connectivity index is 1.22. The van der Waals surface area contributed by atoms with E-state index in [1.165, 1.54) is 0 Å². The van der Waals surface area contributed by atoms with Gasteiger partial charge in [-0.2, -0.15) is 0 Å². The molecule has 0 radical (unpaired) electrons. The van der Waals surface area contributed by atoms with Crippen LogP contribution in [0.4, 0.5) is 0 Å². The van der Waals surface area contributed by atoms with Gasteiger partial charge < -0.3 is 8.83 Å². The van der Waals surface area contributed by atoms with Crippen LogP contribution < -0.4 is 0 Å². The molecular weight excluding hydrogens is 617 g/mol. The molecule has 10 aromatic rings. The minimum absolute atomic E-state index is 0.607. The molecule has 0 atom stereocenters. The van der Waals surface area contributed by atoms with Gasteiger partial charge in [-0.05, 0) is 35.4 Å². The molecule has 0 aliphatic heterocycles. The lowest BCUT2D eigenvalue weighted by Crippen LogP contribution is -1.98. The zero-order valence-electron chi connectivity index (χ0n) is 26.6. The van der Waals surface area contributed by atoms with Crippen molar-refractivity contribution >= 4 is 44.1 Å². The highest BCUT2D eigenvalue weighted by Crippen LogP contribution is 2.41. The van der Waals surface area contributed by atoms with Crippen molar-refractivity contribution in [1.29, 1.82) is 0 Å². The molecule has 0 spiro atoms. The molecule has 10 rings (SSSR count). The number of hydrogen-bond acceptors (Lipinski definition) is 6. The molecule has 4 aromatic heterocycles. The third kappa shape index (κ3) is 4.50. The molecule has 50 heavy (non-hydrogen) atoms. The number of para-hydroxylation sites is 2. The van der Waals surface area contributed by atoms with Gasteiger partial charge in [0.2, 0.25) is 0 Å². The van der Waals surface area contributed by atoms with Crippen LogP contribution in [0.2, 0.25) is 0 Å². The lowest BCUT2D eigenvalue weighted by molar-refractivity contribution is 0.667. The van der Waals surface area contributed by atoms with Gasteiger partial charge in [0.05, 0.1) is 0 Å². The number of hydrogen-bond donors (Lipinski definition) is 0. The molecule has 0 saturated heterocycles. The average molecular weight is 643 g/mol. The minimum Gasteiger partial charge on any atom is -0.452 e. The van der Waals surface area contributed by atoms with Crippen LogP contribution >= 0.6 is 0 Å². The Morgan fingerprint density at radius 2 is 0.680 bits per heavy atom. The van der Waals surface area contributed by atoms with E-state index in [1.54, 1.807) is 0 Å². The molecule has 0 N–H and O–H groups in total. The first kappa shape index (κ1) is 28.1. The Bertz CT molecular complexity index is 2680. The Kier molecular flexibility index (Phi) is 6.39. The summed E-state index contributed by atoms with van der Waals surface area (Å²) in [4.78, 5) is 20.8. The second-order valence-corrected chi connectivity index (χ2v) is 12.2. The van der Waals surface area contributed by atoms with Crippen LogP contribution in [-0.4, -0.2) is 19.9 Å². The predicted molar refractivity (Wildman–Crippen MR) is 199 cm³/mol. The van der Waals surface area contributed by atoms with E-state index in [1.807, 2.05) is 109 Å². The second kappa shape index (κ2) is 11.4. The first-order valence-electron chi connectivity index (χ1n) is 16.5. The summed E-state index contributed by atoms with van der Waals surface area (Å²) in [5.74, 6) is 1.21. The molecule has 0 bridgehead atoms. The van der Waals surface area contributed by atoms with Gasteiger partial charge in [0.15, 0.2) is 22.8 Å². The summed E-state index contributed by atoms with van der Waals surface area (Å²) in [6.07, 6.45) is 0. The molecule has 0 aliphatic rings. The van der Waals surface area contributed by atoms with Crippen molar-refractivity contribution in [3.05, 3.63) is 158 Å². The Hall–Kier alpha value is -6.92. The van der Waals surface area contributed by atoms with Gasteiger partial charge in [0.1, 0.15) is 33.6 Å². The van der Waals surface area contributed by atoms with E-state index in [-0.39, 0.29) is 0 Å². The molecule has 6 heteroatoms. The number of nitrogens with zero attached hydrogens (tertiary/aromatic N) is 4. The molecule has 4 heterocycles. The Labute approximate surface area is 286 Å². The summed E-state index contributed by atoms with van der Waals surface area (Å²) in [6, 6.07) is 52.8. The Morgan fingerprint density at radius 3 is 1.12 bits per heavy atom. The topological polar surface area (TPSA) is 77.8 Å². The quantitative estimate of drug-likeness (QED) is 0.186. The second-order valence-electron chi connectivity index (χ2n) is 12.2. The van der Waals surface area contributed by atoms with Gasteiger partial charge in [0.25, 0.3) is 0 Å². The molecule has 234 valence electrons. The summed E-state index contributed by atoms with van der Waals surface area (Å²) in [7, 11) is 0. The lowest BCUT2D eigenvalue weighted by atomic mass is 9.94. The van der Waals surface area contributed by atoms with Crippen LogP contribution in [0, 0.1) is 0 Å². The van der Waals surface area contributed by atoms with Gasteiger partial charge in [-0.25, -0.2) is 19.9 Å². The third-order valence-electron chi connectivity index (χ3n) is 9.16. The summed E-state index contributed by atoms with van der Waals surface area (Å²) in [6.45, 7) is 0. The van der Waals surface area contributed by atoms with Crippen LogP contribution in [0.15, 0.2) is 167 Å². The number of benzene rings is 6. The van der Waals surface area contributed by atoms with Crippen LogP contribution in [0.1, 0.15) is 0 Å². The monoisotopic (exact) mass is 642 g/mol. The van der Waals surface area contributed by atoms with Crippen molar-refractivity contribution < 1.29 is 8.83 Å². The number of fused-ring (bicyclic) bond motifs is 6. The highest BCUT2D eigenvalue weighted by Gasteiger charge is 2.23. The Morgan fingerprint density at radius 1 is 0.320 bits per heavy atom. The molecule has 0 unspecified atom stereocenters. The number of furan rings is 2. The summed E-state index contributed by atoms with van der Waals surface area (Å²) >= 11 is 0. The lowest BCUT2D eigenvalue weighted by Gasteiger charge is -2.14. The maximum atomic E-state index is 6.38. The van der Waals surface area contributed by atoms with Crippen LogP contribution in [0.3, 0.4) is 0 Å².